The lowest BCUT2D eigenvalue weighted by Gasteiger charge is -2.33. The van der Waals surface area contributed by atoms with Crippen molar-refractivity contribution < 1.29 is 18.0 Å². The molecule has 0 aliphatic heterocycles. The summed E-state index contributed by atoms with van der Waals surface area (Å²) < 4.78 is 28.8. The van der Waals surface area contributed by atoms with Crippen LogP contribution in [-0.4, -0.2) is 44.3 Å². The molecular formula is C30H35Cl2N3O4S. The molecule has 40 heavy (non-hydrogen) atoms. The van der Waals surface area contributed by atoms with Gasteiger partial charge in [-0.25, -0.2) is 8.42 Å². The van der Waals surface area contributed by atoms with Crippen LogP contribution in [0.5, 0.6) is 0 Å². The van der Waals surface area contributed by atoms with E-state index in [1.54, 1.807) is 12.1 Å². The fraction of sp³-hybridized carbons (Fsp3) is 0.333. The van der Waals surface area contributed by atoms with E-state index in [1.165, 1.54) is 35.2 Å². The number of hydrogen-bond acceptors (Lipinski definition) is 4. The maximum absolute atomic E-state index is 14.0. The van der Waals surface area contributed by atoms with E-state index < -0.39 is 28.5 Å². The summed E-state index contributed by atoms with van der Waals surface area (Å²) in [6.07, 6.45) is 0.347. The van der Waals surface area contributed by atoms with Crippen molar-refractivity contribution in [2.75, 3.05) is 17.4 Å². The maximum Gasteiger partial charge on any atom is 0.264 e. The van der Waals surface area contributed by atoms with Crippen LogP contribution in [0.3, 0.4) is 0 Å². The molecule has 0 bridgehead atoms. The molecule has 3 aromatic rings. The topological polar surface area (TPSA) is 86.8 Å². The minimum Gasteiger partial charge on any atom is -0.354 e. The Bertz CT molecular complexity index is 1410. The van der Waals surface area contributed by atoms with Gasteiger partial charge in [0.15, 0.2) is 0 Å². The van der Waals surface area contributed by atoms with Crippen LogP contribution in [-0.2, 0) is 26.2 Å². The van der Waals surface area contributed by atoms with E-state index in [4.69, 9.17) is 23.2 Å². The summed E-state index contributed by atoms with van der Waals surface area (Å²) in [5.74, 6) is -0.593. The van der Waals surface area contributed by atoms with Crippen molar-refractivity contribution in [3.63, 3.8) is 0 Å². The van der Waals surface area contributed by atoms with Gasteiger partial charge in [0, 0.05) is 13.1 Å². The van der Waals surface area contributed by atoms with Gasteiger partial charge in [-0.1, -0.05) is 92.0 Å². The Balaban J connectivity index is 2.05. The molecule has 3 aromatic carbocycles. The Morgan fingerprint density at radius 2 is 1.57 bits per heavy atom. The number of sulfonamides is 1. The van der Waals surface area contributed by atoms with E-state index in [9.17, 15) is 18.0 Å². The smallest absolute Gasteiger partial charge is 0.264 e. The van der Waals surface area contributed by atoms with Gasteiger partial charge in [-0.2, -0.15) is 0 Å². The van der Waals surface area contributed by atoms with E-state index in [1.807, 2.05) is 58.0 Å². The quantitative estimate of drug-likeness (QED) is 0.272. The minimum absolute atomic E-state index is 0.0216. The van der Waals surface area contributed by atoms with Gasteiger partial charge in [0.1, 0.15) is 12.6 Å². The highest BCUT2D eigenvalue weighted by atomic mass is 35.5. The van der Waals surface area contributed by atoms with Gasteiger partial charge >= 0.3 is 0 Å². The van der Waals surface area contributed by atoms with Gasteiger partial charge in [0.25, 0.3) is 10.0 Å². The predicted molar refractivity (Wildman–Crippen MR) is 161 cm³/mol. The number of anilines is 1. The van der Waals surface area contributed by atoms with Crippen LogP contribution < -0.4 is 9.62 Å². The first-order valence-corrected chi connectivity index (χ1v) is 15.3. The second-order valence-corrected chi connectivity index (χ2v) is 12.7. The number of aryl methyl sites for hydroxylation is 1. The van der Waals surface area contributed by atoms with Crippen LogP contribution >= 0.6 is 23.2 Å². The zero-order chi connectivity index (χ0) is 29.4. The van der Waals surface area contributed by atoms with Gasteiger partial charge in [0.05, 0.1) is 20.6 Å². The predicted octanol–water partition coefficient (Wildman–Crippen LogP) is 6.08. The molecular weight excluding hydrogens is 569 g/mol. The summed E-state index contributed by atoms with van der Waals surface area (Å²) >= 11 is 12.4. The number of benzene rings is 3. The standard InChI is InChI=1S/C30H35Cl2N3O4S/c1-5-28(30(37)33-18-21(2)3)34(19-23-9-7-6-8-10-23)29(36)20-35(24-13-16-26(31)27(32)17-24)40(38,39)25-14-11-22(4)12-15-25/h6-17,21,28H,5,18-20H2,1-4H3,(H,33,37)/t28-/m1/s1. The monoisotopic (exact) mass is 603 g/mol. The van der Waals surface area contributed by atoms with E-state index in [-0.39, 0.29) is 39.0 Å². The highest BCUT2D eigenvalue weighted by Gasteiger charge is 2.33. The first-order valence-electron chi connectivity index (χ1n) is 13.1. The molecule has 0 fully saturated rings. The minimum atomic E-state index is -4.19. The molecule has 0 heterocycles. The molecule has 3 rings (SSSR count). The second-order valence-electron chi connectivity index (χ2n) is 9.99. The lowest BCUT2D eigenvalue weighted by Crippen LogP contribution is -2.52. The normalized spacial score (nSPS) is 12.2. The Morgan fingerprint density at radius 1 is 0.925 bits per heavy atom. The van der Waals surface area contributed by atoms with Crippen molar-refractivity contribution in [1.82, 2.24) is 10.2 Å². The van der Waals surface area contributed by atoms with Crippen molar-refractivity contribution in [3.8, 4) is 0 Å². The van der Waals surface area contributed by atoms with E-state index in [0.717, 1.165) is 15.4 Å². The number of nitrogens with zero attached hydrogens (tertiary/aromatic N) is 2. The maximum atomic E-state index is 14.0. The summed E-state index contributed by atoms with van der Waals surface area (Å²) in [6.45, 7) is 7.69. The van der Waals surface area contributed by atoms with Crippen LogP contribution in [0.1, 0.15) is 38.3 Å². The molecule has 1 atom stereocenters. The third kappa shape index (κ3) is 7.99. The van der Waals surface area contributed by atoms with Crippen LogP contribution in [0, 0.1) is 12.8 Å². The average molecular weight is 605 g/mol. The van der Waals surface area contributed by atoms with Crippen molar-refractivity contribution >= 4 is 50.7 Å². The Hall–Kier alpha value is -3.07. The third-order valence-electron chi connectivity index (χ3n) is 6.35. The van der Waals surface area contributed by atoms with Crippen molar-refractivity contribution in [2.45, 2.75) is 51.6 Å². The Morgan fingerprint density at radius 3 is 2.15 bits per heavy atom. The number of carbonyl (C=O) groups is 2. The molecule has 0 unspecified atom stereocenters. The van der Waals surface area contributed by atoms with E-state index in [2.05, 4.69) is 5.32 Å². The molecule has 0 aliphatic carbocycles. The van der Waals surface area contributed by atoms with Crippen LogP contribution in [0.4, 0.5) is 5.69 Å². The number of amides is 2. The summed E-state index contributed by atoms with van der Waals surface area (Å²) in [5.41, 5.74) is 1.89. The summed E-state index contributed by atoms with van der Waals surface area (Å²) in [5, 5.41) is 3.32. The number of rotatable bonds is 12. The molecule has 7 nitrogen and oxygen atoms in total. The van der Waals surface area contributed by atoms with E-state index in [0.29, 0.717) is 13.0 Å². The van der Waals surface area contributed by atoms with Gasteiger partial charge in [-0.05, 0) is 55.2 Å². The first kappa shape index (κ1) is 31.5. The number of nitrogens with one attached hydrogen (secondary N) is 1. The molecule has 0 saturated heterocycles. The largest absolute Gasteiger partial charge is 0.354 e. The Labute approximate surface area is 247 Å². The summed E-state index contributed by atoms with van der Waals surface area (Å²) in [6, 6.07) is 19.2. The highest BCUT2D eigenvalue weighted by Crippen LogP contribution is 2.31. The molecule has 0 saturated carbocycles. The molecule has 0 radical (unpaired) electrons. The number of carbonyl (C=O) groups excluding carboxylic acids is 2. The second kappa shape index (κ2) is 14.0. The fourth-order valence-corrected chi connectivity index (χ4v) is 5.83. The van der Waals surface area contributed by atoms with Gasteiger partial charge < -0.3 is 10.2 Å². The van der Waals surface area contributed by atoms with Crippen molar-refractivity contribution in [1.29, 1.82) is 0 Å². The average Bonchev–Trinajstić information content (AvgIpc) is 2.92. The highest BCUT2D eigenvalue weighted by molar-refractivity contribution is 7.92. The van der Waals surface area contributed by atoms with Crippen LogP contribution in [0.25, 0.3) is 0 Å². The molecule has 1 N–H and O–H groups in total. The molecule has 0 spiro atoms. The molecule has 0 aliphatic rings. The van der Waals surface area contributed by atoms with Crippen molar-refractivity contribution in [3.05, 3.63) is 94.0 Å². The third-order valence-corrected chi connectivity index (χ3v) is 8.87. The molecule has 0 aromatic heterocycles. The summed E-state index contributed by atoms with van der Waals surface area (Å²) in [4.78, 5) is 28.7. The van der Waals surface area contributed by atoms with Gasteiger partial charge in [-0.3, -0.25) is 13.9 Å². The zero-order valence-corrected chi connectivity index (χ0v) is 25.4. The first-order chi connectivity index (χ1) is 18.9. The number of halogens is 2. The van der Waals surface area contributed by atoms with E-state index >= 15 is 0 Å². The molecule has 214 valence electrons. The van der Waals surface area contributed by atoms with Crippen molar-refractivity contribution in [2.24, 2.45) is 5.92 Å². The lowest BCUT2D eigenvalue weighted by molar-refractivity contribution is -0.140. The lowest BCUT2D eigenvalue weighted by atomic mass is 10.1. The van der Waals surface area contributed by atoms with Gasteiger partial charge in [-0.15, -0.1) is 0 Å². The zero-order valence-electron chi connectivity index (χ0n) is 23.1. The molecule has 10 heteroatoms. The van der Waals surface area contributed by atoms with Gasteiger partial charge in [0.2, 0.25) is 11.8 Å². The molecule has 2 amide bonds. The van der Waals surface area contributed by atoms with Crippen LogP contribution in [0.2, 0.25) is 10.0 Å². The Kier molecular flexibility index (Phi) is 11.0. The number of hydrogen-bond donors (Lipinski definition) is 1. The summed E-state index contributed by atoms with van der Waals surface area (Å²) in [7, 11) is -4.19. The van der Waals surface area contributed by atoms with Crippen LogP contribution in [0.15, 0.2) is 77.7 Å². The fourth-order valence-electron chi connectivity index (χ4n) is 4.13. The SMILES string of the molecule is CC[C@H](C(=O)NCC(C)C)N(Cc1ccccc1)C(=O)CN(c1ccc(Cl)c(Cl)c1)S(=O)(=O)c1ccc(C)cc1.